The van der Waals surface area contributed by atoms with Crippen molar-refractivity contribution in [2.75, 3.05) is 18.0 Å². The van der Waals surface area contributed by atoms with Gasteiger partial charge in [0.05, 0.1) is 12.5 Å². The number of terminal acetylenes is 1. The molecule has 0 aliphatic heterocycles. The number of nitrogens with zero attached hydrogens (tertiary/aromatic N) is 1. The van der Waals surface area contributed by atoms with Crippen molar-refractivity contribution in [2.45, 2.75) is 33.1 Å². The number of anilines is 1. The van der Waals surface area contributed by atoms with Crippen molar-refractivity contribution >= 4 is 11.7 Å². The molecule has 1 atom stereocenters. The quantitative estimate of drug-likeness (QED) is 0.838. The normalized spacial score (nSPS) is 12.6. The standard InChI is InChI=1S/C17H23NO2/c1-6-11-18(12-13(2)16(19)20)15-9-7-14(8-10-15)17(3,4)5/h1,7-10,13H,11-12H2,2-5H3,(H,19,20). The third-order valence-electron chi connectivity index (χ3n) is 3.30. The number of benzene rings is 1. The van der Waals surface area contributed by atoms with Gasteiger partial charge in [0.15, 0.2) is 0 Å². The van der Waals surface area contributed by atoms with Crippen LogP contribution in [0.1, 0.15) is 33.3 Å². The number of carbonyl (C=O) groups is 1. The van der Waals surface area contributed by atoms with E-state index in [-0.39, 0.29) is 5.41 Å². The number of rotatable bonds is 5. The summed E-state index contributed by atoms with van der Waals surface area (Å²) in [7, 11) is 0. The highest BCUT2D eigenvalue weighted by molar-refractivity contribution is 5.70. The highest BCUT2D eigenvalue weighted by atomic mass is 16.4. The largest absolute Gasteiger partial charge is 0.481 e. The van der Waals surface area contributed by atoms with Crippen molar-refractivity contribution < 1.29 is 9.90 Å². The molecule has 0 saturated heterocycles. The second kappa shape index (κ2) is 6.47. The van der Waals surface area contributed by atoms with Crippen LogP contribution in [0, 0.1) is 18.3 Å². The van der Waals surface area contributed by atoms with Crippen LogP contribution in [-0.2, 0) is 10.2 Å². The van der Waals surface area contributed by atoms with Crippen molar-refractivity contribution in [1.82, 2.24) is 0 Å². The topological polar surface area (TPSA) is 40.5 Å². The molecular formula is C17H23NO2. The summed E-state index contributed by atoms with van der Waals surface area (Å²) in [5.74, 6) is 1.33. The first-order chi connectivity index (χ1) is 9.25. The van der Waals surface area contributed by atoms with E-state index in [9.17, 15) is 4.79 Å². The van der Waals surface area contributed by atoms with Gasteiger partial charge in [-0.1, -0.05) is 45.7 Å². The van der Waals surface area contributed by atoms with Crippen LogP contribution in [0.15, 0.2) is 24.3 Å². The van der Waals surface area contributed by atoms with Gasteiger partial charge in [0.2, 0.25) is 0 Å². The molecule has 0 spiro atoms. The van der Waals surface area contributed by atoms with E-state index in [0.717, 1.165) is 5.69 Å². The molecule has 0 heterocycles. The number of aliphatic carboxylic acids is 1. The molecule has 1 rings (SSSR count). The molecule has 0 bridgehead atoms. The third kappa shape index (κ3) is 4.31. The zero-order valence-electron chi connectivity index (χ0n) is 12.7. The predicted molar refractivity (Wildman–Crippen MR) is 83.0 cm³/mol. The third-order valence-corrected chi connectivity index (χ3v) is 3.30. The molecule has 1 aromatic rings. The van der Waals surface area contributed by atoms with Crippen molar-refractivity contribution in [3.05, 3.63) is 29.8 Å². The SMILES string of the molecule is C#CCN(CC(C)C(=O)O)c1ccc(C(C)(C)C)cc1. The van der Waals surface area contributed by atoms with Crippen LogP contribution in [0.4, 0.5) is 5.69 Å². The van der Waals surface area contributed by atoms with Crippen LogP contribution in [0.2, 0.25) is 0 Å². The minimum Gasteiger partial charge on any atom is -0.481 e. The van der Waals surface area contributed by atoms with Gasteiger partial charge in [-0.3, -0.25) is 4.79 Å². The number of hydrogen-bond donors (Lipinski definition) is 1. The van der Waals surface area contributed by atoms with Crippen LogP contribution in [-0.4, -0.2) is 24.2 Å². The molecule has 0 aliphatic carbocycles. The first kappa shape index (κ1) is 16.1. The van der Waals surface area contributed by atoms with Crippen molar-refractivity contribution in [3.63, 3.8) is 0 Å². The molecule has 1 aromatic carbocycles. The Kier molecular flexibility index (Phi) is 5.21. The van der Waals surface area contributed by atoms with Gasteiger partial charge in [0, 0.05) is 12.2 Å². The lowest BCUT2D eigenvalue weighted by Crippen LogP contribution is -2.32. The van der Waals surface area contributed by atoms with E-state index in [2.05, 4.69) is 38.8 Å². The Morgan fingerprint density at radius 2 is 1.90 bits per heavy atom. The van der Waals surface area contributed by atoms with Crippen LogP contribution < -0.4 is 4.90 Å². The number of carboxylic acids is 1. The van der Waals surface area contributed by atoms with Gasteiger partial charge in [-0.15, -0.1) is 6.42 Å². The van der Waals surface area contributed by atoms with Gasteiger partial charge in [-0.05, 0) is 23.1 Å². The van der Waals surface area contributed by atoms with Crippen LogP contribution in [0.25, 0.3) is 0 Å². The summed E-state index contributed by atoms with van der Waals surface area (Å²) in [6.45, 7) is 8.99. The Balaban J connectivity index is 2.93. The zero-order valence-corrected chi connectivity index (χ0v) is 12.7. The molecule has 0 saturated carbocycles. The van der Waals surface area contributed by atoms with Gasteiger partial charge in [0.1, 0.15) is 0 Å². The van der Waals surface area contributed by atoms with Gasteiger partial charge < -0.3 is 10.0 Å². The molecule has 1 unspecified atom stereocenters. The second-order valence-electron chi connectivity index (χ2n) is 6.12. The second-order valence-corrected chi connectivity index (χ2v) is 6.12. The summed E-state index contributed by atoms with van der Waals surface area (Å²) >= 11 is 0. The summed E-state index contributed by atoms with van der Waals surface area (Å²) in [6.07, 6.45) is 5.38. The van der Waals surface area contributed by atoms with Gasteiger partial charge in [-0.2, -0.15) is 0 Å². The Bertz CT molecular complexity index is 491. The summed E-state index contributed by atoms with van der Waals surface area (Å²) in [5, 5.41) is 9.02. The van der Waals surface area contributed by atoms with E-state index in [4.69, 9.17) is 11.5 Å². The molecule has 0 aromatic heterocycles. The Morgan fingerprint density at radius 1 is 1.35 bits per heavy atom. The first-order valence-corrected chi connectivity index (χ1v) is 6.77. The molecule has 108 valence electrons. The Morgan fingerprint density at radius 3 is 2.30 bits per heavy atom. The summed E-state index contributed by atoms with van der Waals surface area (Å²) < 4.78 is 0. The molecule has 0 fully saturated rings. The van der Waals surface area contributed by atoms with Crippen molar-refractivity contribution in [2.24, 2.45) is 5.92 Å². The van der Waals surface area contributed by atoms with Crippen LogP contribution in [0.3, 0.4) is 0 Å². The molecule has 0 radical (unpaired) electrons. The smallest absolute Gasteiger partial charge is 0.308 e. The molecule has 3 heteroatoms. The molecular weight excluding hydrogens is 250 g/mol. The van der Waals surface area contributed by atoms with Gasteiger partial charge in [-0.25, -0.2) is 0 Å². The monoisotopic (exact) mass is 273 g/mol. The molecule has 1 N–H and O–H groups in total. The van der Waals surface area contributed by atoms with Gasteiger partial charge >= 0.3 is 5.97 Å². The average molecular weight is 273 g/mol. The van der Waals surface area contributed by atoms with E-state index in [0.29, 0.717) is 13.1 Å². The fourth-order valence-corrected chi connectivity index (χ4v) is 1.95. The first-order valence-electron chi connectivity index (χ1n) is 6.77. The lowest BCUT2D eigenvalue weighted by atomic mass is 9.87. The van der Waals surface area contributed by atoms with Gasteiger partial charge in [0.25, 0.3) is 0 Å². The van der Waals surface area contributed by atoms with E-state index in [1.165, 1.54) is 5.56 Å². The van der Waals surface area contributed by atoms with Crippen LogP contribution >= 0.6 is 0 Å². The highest BCUT2D eigenvalue weighted by Gasteiger charge is 2.17. The number of carboxylic acid groups (broad SMARTS) is 1. The minimum absolute atomic E-state index is 0.101. The molecule has 0 aliphatic rings. The van der Waals surface area contributed by atoms with E-state index < -0.39 is 11.9 Å². The van der Waals surface area contributed by atoms with E-state index in [1.54, 1.807) is 6.92 Å². The lowest BCUT2D eigenvalue weighted by molar-refractivity contribution is -0.140. The Hall–Kier alpha value is -1.95. The maximum Gasteiger partial charge on any atom is 0.308 e. The maximum absolute atomic E-state index is 11.0. The fraction of sp³-hybridized carbons (Fsp3) is 0.471. The lowest BCUT2D eigenvalue weighted by Gasteiger charge is -2.26. The van der Waals surface area contributed by atoms with E-state index in [1.807, 2.05) is 17.0 Å². The Labute approximate surface area is 121 Å². The average Bonchev–Trinajstić information content (AvgIpc) is 2.37. The van der Waals surface area contributed by atoms with E-state index >= 15 is 0 Å². The zero-order chi connectivity index (χ0) is 15.3. The minimum atomic E-state index is -0.807. The van der Waals surface area contributed by atoms with Crippen molar-refractivity contribution in [1.29, 1.82) is 0 Å². The van der Waals surface area contributed by atoms with Crippen molar-refractivity contribution in [3.8, 4) is 12.3 Å². The predicted octanol–water partition coefficient (Wildman–Crippen LogP) is 3.14. The number of hydrogen-bond acceptors (Lipinski definition) is 2. The summed E-state index contributed by atoms with van der Waals surface area (Å²) in [4.78, 5) is 12.9. The highest BCUT2D eigenvalue weighted by Crippen LogP contribution is 2.25. The maximum atomic E-state index is 11.0. The fourth-order valence-electron chi connectivity index (χ4n) is 1.95. The van der Waals surface area contributed by atoms with Crippen LogP contribution in [0.5, 0.6) is 0 Å². The molecule has 20 heavy (non-hydrogen) atoms. The summed E-state index contributed by atoms with van der Waals surface area (Å²) in [5.41, 5.74) is 2.31. The molecule has 0 amide bonds. The summed E-state index contributed by atoms with van der Waals surface area (Å²) in [6, 6.07) is 8.16. The molecule has 3 nitrogen and oxygen atoms in total.